The highest BCUT2D eigenvalue weighted by Crippen LogP contribution is 2.24. The Bertz CT molecular complexity index is 509. The number of pyridine rings is 1. The first-order chi connectivity index (χ1) is 9.56. The summed E-state index contributed by atoms with van der Waals surface area (Å²) in [7, 11) is 0. The summed E-state index contributed by atoms with van der Waals surface area (Å²) in [6.45, 7) is 2.58. The molecule has 1 saturated heterocycles. The van der Waals surface area contributed by atoms with Gasteiger partial charge in [-0.3, -0.25) is 9.59 Å². The van der Waals surface area contributed by atoms with Crippen LogP contribution in [0, 0.1) is 0 Å². The Kier molecular flexibility index (Phi) is 4.94. The van der Waals surface area contributed by atoms with Crippen molar-refractivity contribution in [2.24, 2.45) is 0 Å². The molecule has 0 radical (unpaired) electrons. The second kappa shape index (κ2) is 6.69. The maximum atomic E-state index is 11.8. The number of carbonyl (C=O) groups excluding carboxylic acids is 2. The molecule has 1 aromatic heterocycles. The summed E-state index contributed by atoms with van der Waals surface area (Å²) in [5.74, 6) is 0.239. The molecular formula is C13H16BrN3O3. The van der Waals surface area contributed by atoms with Gasteiger partial charge < -0.3 is 15.0 Å². The molecule has 1 atom stereocenters. The lowest BCUT2D eigenvalue weighted by molar-refractivity contribution is -0.131. The molecular weight excluding hydrogens is 326 g/mol. The lowest BCUT2D eigenvalue weighted by atomic mass is 10.3. The summed E-state index contributed by atoms with van der Waals surface area (Å²) in [6, 6.07) is 3.67. The molecule has 1 aliphatic rings. The summed E-state index contributed by atoms with van der Waals surface area (Å²) in [6.07, 6.45) is 2.35. The molecule has 108 valence electrons. The second-order valence-electron chi connectivity index (χ2n) is 4.57. The summed E-state index contributed by atoms with van der Waals surface area (Å²) in [5.41, 5.74) is 0. The van der Waals surface area contributed by atoms with E-state index < -0.39 is 0 Å². The predicted octanol–water partition coefficient (Wildman–Crippen LogP) is 0.960. The first kappa shape index (κ1) is 14.8. The zero-order chi connectivity index (χ0) is 14.5. The van der Waals surface area contributed by atoms with Crippen LogP contribution < -0.4 is 10.1 Å². The fraction of sp³-hybridized carbons (Fsp3) is 0.462. The summed E-state index contributed by atoms with van der Waals surface area (Å²) in [4.78, 5) is 28.5. The smallest absolute Gasteiger partial charge is 0.242 e. The fourth-order valence-electron chi connectivity index (χ4n) is 1.98. The predicted molar refractivity (Wildman–Crippen MR) is 76.2 cm³/mol. The number of hydrogen-bond donors (Lipinski definition) is 1. The van der Waals surface area contributed by atoms with Crippen LogP contribution >= 0.6 is 15.9 Å². The molecule has 1 aromatic rings. The molecule has 1 aliphatic heterocycles. The number of hydrogen-bond acceptors (Lipinski definition) is 4. The van der Waals surface area contributed by atoms with E-state index in [4.69, 9.17) is 4.74 Å². The van der Waals surface area contributed by atoms with Crippen molar-refractivity contribution in [2.75, 3.05) is 19.6 Å². The standard InChI is InChI=1S/C13H16BrN3O3/c1-9(18)16-7-12(19)17-6-4-10(8-17)20-13-11(14)3-2-5-15-13/h2-3,5,10H,4,6-8H2,1H3,(H,16,18)/t10-/m0/s1. The minimum atomic E-state index is -0.206. The molecule has 0 bridgehead atoms. The summed E-state index contributed by atoms with van der Waals surface area (Å²) < 4.78 is 6.57. The molecule has 7 heteroatoms. The zero-order valence-electron chi connectivity index (χ0n) is 11.1. The van der Waals surface area contributed by atoms with Crippen LogP contribution in [0.2, 0.25) is 0 Å². The third kappa shape index (κ3) is 3.93. The molecule has 2 rings (SSSR count). The Hall–Kier alpha value is -1.63. The number of likely N-dealkylation sites (tertiary alicyclic amines) is 1. The summed E-state index contributed by atoms with van der Waals surface area (Å²) in [5, 5.41) is 2.51. The zero-order valence-corrected chi connectivity index (χ0v) is 12.7. The number of rotatable bonds is 4. The van der Waals surface area contributed by atoms with Gasteiger partial charge in [-0.1, -0.05) is 0 Å². The van der Waals surface area contributed by atoms with E-state index in [-0.39, 0.29) is 24.5 Å². The maximum Gasteiger partial charge on any atom is 0.242 e. The van der Waals surface area contributed by atoms with Gasteiger partial charge in [0.05, 0.1) is 17.6 Å². The highest BCUT2D eigenvalue weighted by Gasteiger charge is 2.28. The van der Waals surface area contributed by atoms with E-state index >= 15 is 0 Å². The van der Waals surface area contributed by atoms with Gasteiger partial charge in [0.2, 0.25) is 17.7 Å². The normalized spacial score (nSPS) is 17.9. The number of halogens is 1. The maximum absolute atomic E-state index is 11.8. The second-order valence-corrected chi connectivity index (χ2v) is 5.42. The third-order valence-corrected chi connectivity index (χ3v) is 3.59. The van der Waals surface area contributed by atoms with Crippen molar-refractivity contribution in [1.82, 2.24) is 15.2 Å². The highest BCUT2D eigenvalue weighted by molar-refractivity contribution is 9.10. The van der Waals surface area contributed by atoms with Gasteiger partial charge in [-0.25, -0.2) is 4.98 Å². The van der Waals surface area contributed by atoms with Gasteiger partial charge in [-0.2, -0.15) is 0 Å². The summed E-state index contributed by atoms with van der Waals surface area (Å²) >= 11 is 3.37. The van der Waals surface area contributed by atoms with Crippen LogP contribution in [0.5, 0.6) is 5.88 Å². The van der Waals surface area contributed by atoms with Crippen LogP contribution in [0.4, 0.5) is 0 Å². The largest absolute Gasteiger partial charge is 0.472 e. The lowest BCUT2D eigenvalue weighted by Gasteiger charge is -2.17. The van der Waals surface area contributed by atoms with Gasteiger partial charge in [0.25, 0.3) is 0 Å². The Morgan fingerprint density at radius 1 is 1.60 bits per heavy atom. The van der Waals surface area contributed by atoms with Gasteiger partial charge in [0, 0.05) is 26.1 Å². The first-order valence-corrected chi connectivity index (χ1v) is 7.15. The van der Waals surface area contributed by atoms with Gasteiger partial charge >= 0.3 is 0 Å². The first-order valence-electron chi connectivity index (χ1n) is 6.35. The minimum absolute atomic E-state index is 0.0370. The van der Waals surface area contributed by atoms with Crippen LogP contribution in [-0.2, 0) is 9.59 Å². The highest BCUT2D eigenvalue weighted by atomic mass is 79.9. The number of aromatic nitrogens is 1. The van der Waals surface area contributed by atoms with Crippen LogP contribution in [0.3, 0.4) is 0 Å². The van der Waals surface area contributed by atoms with Crippen molar-refractivity contribution >= 4 is 27.7 Å². The average Bonchev–Trinajstić information content (AvgIpc) is 2.87. The number of nitrogens with zero attached hydrogens (tertiary/aromatic N) is 2. The van der Waals surface area contributed by atoms with Crippen LogP contribution in [0.25, 0.3) is 0 Å². The molecule has 6 nitrogen and oxygen atoms in total. The SMILES string of the molecule is CC(=O)NCC(=O)N1CC[C@H](Oc2ncccc2Br)C1. The molecule has 1 fully saturated rings. The Labute approximate surface area is 125 Å². The molecule has 0 aliphatic carbocycles. The van der Waals surface area contributed by atoms with Crippen molar-refractivity contribution in [3.8, 4) is 5.88 Å². The lowest BCUT2D eigenvalue weighted by Crippen LogP contribution is -2.39. The molecule has 1 N–H and O–H groups in total. The van der Waals surface area contributed by atoms with Crippen LogP contribution in [-0.4, -0.2) is 47.4 Å². The fourth-order valence-corrected chi connectivity index (χ4v) is 2.33. The monoisotopic (exact) mass is 341 g/mol. The van der Waals surface area contributed by atoms with Crippen molar-refractivity contribution in [1.29, 1.82) is 0 Å². The van der Waals surface area contributed by atoms with Crippen molar-refractivity contribution in [3.05, 3.63) is 22.8 Å². The Morgan fingerprint density at radius 2 is 2.40 bits per heavy atom. The van der Waals surface area contributed by atoms with E-state index in [0.717, 1.165) is 10.9 Å². The number of ether oxygens (including phenoxy) is 1. The van der Waals surface area contributed by atoms with Gasteiger partial charge in [0.1, 0.15) is 6.10 Å². The number of carbonyl (C=O) groups is 2. The third-order valence-electron chi connectivity index (χ3n) is 2.99. The van der Waals surface area contributed by atoms with Crippen molar-refractivity contribution < 1.29 is 14.3 Å². The van der Waals surface area contributed by atoms with Gasteiger partial charge in [0.15, 0.2) is 0 Å². The average molecular weight is 342 g/mol. The Morgan fingerprint density at radius 3 is 3.10 bits per heavy atom. The molecule has 0 saturated carbocycles. The quantitative estimate of drug-likeness (QED) is 0.885. The minimum Gasteiger partial charge on any atom is -0.472 e. The van der Waals surface area contributed by atoms with Crippen LogP contribution in [0.1, 0.15) is 13.3 Å². The van der Waals surface area contributed by atoms with E-state index in [9.17, 15) is 9.59 Å². The van der Waals surface area contributed by atoms with E-state index in [2.05, 4.69) is 26.2 Å². The van der Waals surface area contributed by atoms with E-state index in [1.807, 2.05) is 12.1 Å². The van der Waals surface area contributed by atoms with Crippen molar-refractivity contribution in [2.45, 2.75) is 19.4 Å². The molecule has 0 unspecified atom stereocenters. The molecule has 0 aromatic carbocycles. The van der Waals surface area contributed by atoms with Gasteiger partial charge in [-0.15, -0.1) is 0 Å². The number of nitrogens with one attached hydrogen (secondary N) is 1. The van der Waals surface area contributed by atoms with E-state index in [0.29, 0.717) is 19.0 Å². The number of amides is 2. The van der Waals surface area contributed by atoms with Crippen LogP contribution in [0.15, 0.2) is 22.8 Å². The van der Waals surface area contributed by atoms with Crippen molar-refractivity contribution in [3.63, 3.8) is 0 Å². The molecule has 0 spiro atoms. The molecule has 2 amide bonds. The topological polar surface area (TPSA) is 71.5 Å². The molecule has 20 heavy (non-hydrogen) atoms. The van der Waals surface area contributed by atoms with E-state index in [1.165, 1.54) is 6.92 Å². The van der Waals surface area contributed by atoms with Gasteiger partial charge in [-0.05, 0) is 28.1 Å². The van der Waals surface area contributed by atoms with E-state index in [1.54, 1.807) is 11.1 Å². The molecule has 2 heterocycles. The Balaban J connectivity index is 1.85.